The van der Waals surface area contributed by atoms with Crippen molar-refractivity contribution in [2.45, 2.75) is 40.0 Å². The molecule has 0 saturated heterocycles. The molecule has 92 valence electrons. The predicted molar refractivity (Wildman–Crippen MR) is 98.4 cm³/mol. The van der Waals surface area contributed by atoms with E-state index in [9.17, 15) is 0 Å². The molecular formula is C9H15PS6. The summed E-state index contributed by atoms with van der Waals surface area (Å²) < 4.78 is 3.18. The van der Waals surface area contributed by atoms with Gasteiger partial charge < -0.3 is 0 Å². The van der Waals surface area contributed by atoms with Crippen LogP contribution in [0.4, 0.5) is 0 Å². The minimum Gasteiger partial charge on any atom is -0.0770 e. The smallest absolute Gasteiger partial charge is 0.0770 e. The number of hydrogen-bond donors (Lipinski definition) is 0. The van der Waals surface area contributed by atoms with E-state index in [0.29, 0.717) is 0 Å². The fourth-order valence-electron chi connectivity index (χ4n) is 0.499. The molecule has 0 aromatic rings. The van der Waals surface area contributed by atoms with Crippen molar-refractivity contribution < 1.29 is 0 Å². The molecule has 0 aliphatic heterocycles. The van der Waals surface area contributed by atoms with Crippen molar-refractivity contribution in [1.82, 2.24) is 0 Å². The van der Waals surface area contributed by atoms with E-state index in [1.165, 1.54) is 0 Å². The molecule has 0 atom stereocenters. The van der Waals surface area contributed by atoms with Crippen LogP contribution in [0, 0.1) is 0 Å². The van der Waals surface area contributed by atoms with Gasteiger partial charge in [0, 0.05) is 0 Å². The maximum Gasteiger partial charge on any atom is 0.0891 e. The quantitative estimate of drug-likeness (QED) is 0.388. The summed E-state index contributed by atoms with van der Waals surface area (Å²) in [5.74, 6) is 0. The molecule has 0 rings (SSSR count). The Labute approximate surface area is 128 Å². The zero-order chi connectivity index (χ0) is 12.6. The Hall–Kier alpha value is 1.75. The van der Waals surface area contributed by atoms with Gasteiger partial charge >= 0.3 is 0 Å². The maximum atomic E-state index is 5.28. The summed E-state index contributed by atoms with van der Waals surface area (Å²) >= 11 is 21.2. The molecule has 0 bridgehead atoms. The Morgan fingerprint density at radius 2 is 1.00 bits per heavy atom. The highest BCUT2D eigenvalue weighted by Gasteiger charge is 2.16. The molecule has 0 aliphatic carbocycles. The lowest BCUT2D eigenvalue weighted by molar-refractivity contribution is 1.35. The van der Waals surface area contributed by atoms with E-state index >= 15 is 0 Å². The Bertz CT molecular complexity index is 222. The highest BCUT2D eigenvalue weighted by Crippen LogP contribution is 2.71. The van der Waals surface area contributed by atoms with E-state index in [1.807, 2.05) is 0 Å². The monoisotopic (exact) mass is 346 g/mol. The molecule has 0 spiro atoms. The van der Waals surface area contributed by atoms with Gasteiger partial charge in [-0.25, -0.2) is 0 Å². The van der Waals surface area contributed by atoms with E-state index in [4.69, 9.17) is 36.7 Å². The molecule has 0 heterocycles. The highest BCUT2D eigenvalue weighted by molar-refractivity contribution is 9.19. The number of hydrogen-bond acceptors (Lipinski definition) is 6. The molecule has 7 heteroatoms. The number of thiocarbonyl (C=S) groups is 3. The third-order valence-corrected chi connectivity index (χ3v) is 13.4. The first-order valence-electron chi connectivity index (χ1n) is 4.95. The molecular weight excluding hydrogens is 331 g/mol. The fraction of sp³-hybridized carbons (Fsp3) is 0.667. The molecule has 0 radical (unpaired) electrons. The van der Waals surface area contributed by atoms with Crippen molar-refractivity contribution in [3.05, 3.63) is 0 Å². The van der Waals surface area contributed by atoms with E-state index in [-0.39, 0.29) is 5.53 Å². The molecule has 16 heavy (non-hydrogen) atoms. The summed E-state index contributed by atoms with van der Waals surface area (Å²) in [6.07, 6.45) is 2.83. The second-order valence-electron chi connectivity index (χ2n) is 2.67. The fourth-order valence-corrected chi connectivity index (χ4v) is 14.9. The van der Waals surface area contributed by atoms with Crippen LogP contribution in [-0.4, -0.2) is 12.6 Å². The molecule has 0 fully saturated rings. The minimum absolute atomic E-state index is 0.370. The van der Waals surface area contributed by atoms with Crippen LogP contribution in [0.5, 0.6) is 0 Å². The van der Waals surface area contributed by atoms with E-state index in [1.54, 1.807) is 34.1 Å². The van der Waals surface area contributed by atoms with Gasteiger partial charge in [-0.05, 0) is 19.3 Å². The Balaban J connectivity index is 4.31. The average Bonchev–Trinajstić information content (AvgIpc) is 2.28. The van der Waals surface area contributed by atoms with Crippen LogP contribution in [0.1, 0.15) is 40.0 Å². The Morgan fingerprint density at radius 3 is 1.19 bits per heavy atom. The first-order chi connectivity index (χ1) is 7.53. The summed E-state index contributed by atoms with van der Waals surface area (Å²) in [5, 5.41) is 0. The summed E-state index contributed by atoms with van der Waals surface area (Å²) in [6.45, 7) is 6.28. The summed E-state index contributed by atoms with van der Waals surface area (Å²) in [4.78, 5) is 0. The Kier molecular flexibility index (Phi) is 11.8. The topological polar surface area (TPSA) is 0 Å². The van der Waals surface area contributed by atoms with Gasteiger partial charge in [0.2, 0.25) is 0 Å². The summed E-state index contributed by atoms with van der Waals surface area (Å²) in [6, 6.07) is 0. The Morgan fingerprint density at radius 1 is 0.750 bits per heavy atom. The predicted octanol–water partition coefficient (Wildman–Crippen LogP) is 6.63. The van der Waals surface area contributed by atoms with Crippen LogP contribution in [0.3, 0.4) is 0 Å². The molecule has 0 saturated carbocycles. The van der Waals surface area contributed by atoms with Crippen LogP contribution < -0.4 is 0 Å². The lowest BCUT2D eigenvalue weighted by atomic mass is 10.6. The van der Waals surface area contributed by atoms with Gasteiger partial charge in [-0.1, -0.05) is 91.6 Å². The van der Waals surface area contributed by atoms with Crippen LogP contribution in [-0.2, 0) is 0 Å². The van der Waals surface area contributed by atoms with Crippen molar-refractivity contribution in [3.63, 3.8) is 0 Å². The first-order valence-corrected chi connectivity index (χ1v) is 11.8. The standard InChI is InChI=1S/C9H15PS6/c1-4-7(11)14-10(15-8(12)5-2)16-9(13)6-3/h4-6H2,1-3H3. The molecule has 0 aliphatic rings. The SMILES string of the molecule is CCC(=S)SP(SC(=S)CC)SC(=S)CC. The normalized spacial score (nSPS) is 10.5. The van der Waals surface area contributed by atoms with Gasteiger partial charge in [-0.15, -0.1) is 0 Å². The highest BCUT2D eigenvalue weighted by atomic mass is 33.4. The molecule has 0 amide bonds. The minimum atomic E-state index is -0.370. The molecule has 0 aromatic heterocycles. The van der Waals surface area contributed by atoms with E-state index in [2.05, 4.69) is 20.8 Å². The lowest BCUT2D eigenvalue weighted by Gasteiger charge is -2.15. The second-order valence-corrected chi connectivity index (χ2v) is 14.4. The average molecular weight is 347 g/mol. The second kappa shape index (κ2) is 10.7. The zero-order valence-corrected chi connectivity index (χ0v) is 15.3. The van der Waals surface area contributed by atoms with Gasteiger partial charge in [0.15, 0.2) is 0 Å². The van der Waals surface area contributed by atoms with E-state index < -0.39 is 0 Å². The van der Waals surface area contributed by atoms with Gasteiger partial charge in [0.25, 0.3) is 0 Å². The largest absolute Gasteiger partial charge is 0.0891 e. The van der Waals surface area contributed by atoms with Crippen LogP contribution in [0.2, 0.25) is 0 Å². The van der Waals surface area contributed by atoms with Gasteiger partial charge in [0.1, 0.15) is 0 Å². The van der Waals surface area contributed by atoms with Crippen molar-refractivity contribution in [2.75, 3.05) is 0 Å². The maximum absolute atomic E-state index is 5.28. The third-order valence-electron chi connectivity index (χ3n) is 1.40. The number of rotatable bonds is 6. The first kappa shape index (κ1) is 17.8. The van der Waals surface area contributed by atoms with E-state index in [0.717, 1.165) is 31.9 Å². The van der Waals surface area contributed by atoms with Crippen LogP contribution in [0.25, 0.3) is 0 Å². The van der Waals surface area contributed by atoms with Crippen molar-refractivity contribution in [2.24, 2.45) is 0 Å². The van der Waals surface area contributed by atoms with Crippen LogP contribution >= 0.6 is 76.3 Å². The molecule has 0 N–H and O–H groups in total. The summed E-state index contributed by atoms with van der Waals surface area (Å²) in [5.41, 5.74) is -0.370. The molecule has 0 nitrogen and oxygen atoms in total. The summed E-state index contributed by atoms with van der Waals surface area (Å²) in [7, 11) is 0. The van der Waals surface area contributed by atoms with Crippen molar-refractivity contribution >= 4 is 88.9 Å². The third kappa shape index (κ3) is 8.78. The van der Waals surface area contributed by atoms with Crippen molar-refractivity contribution in [1.29, 1.82) is 0 Å². The molecule has 0 aromatic carbocycles. The zero-order valence-electron chi connectivity index (χ0n) is 9.52. The van der Waals surface area contributed by atoms with Gasteiger partial charge in [-0.2, -0.15) is 0 Å². The van der Waals surface area contributed by atoms with Gasteiger partial charge in [-0.3, -0.25) is 0 Å². The lowest BCUT2D eigenvalue weighted by Crippen LogP contribution is -1.86. The van der Waals surface area contributed by atoms with Gasteiger partial charge in [0.05, 0.1) is 18.1 Å². The van der Waals surface area contributed by atoms with Crippen molar-refractivity contribution in [3.8, 4) is 0 Å². The molecule has 0 unspecified atom stereocenters. The van der Waals surface area contributed by atoms with Crippen LogP contribution in [0.15, 0.2) is 0 Å².